The van der Waals surface area contributed by atoms with Crippen molar-refractivity contribution in [3.8, 4) is 0 Å². The van der Waals surface area contributed by atoms with Gasteiger partial charge in [0.15, 0.2) is 0 Å². The standard InChI is InChI=1S/C13H23N5/c1-4-10-7-6-9(3)18(10)13-8-12(17-14)15-11(5-2)16-13/h8-10H,4-7,14H2,1-3H3,(H,15,16,17). The number of nitrogens with two attached hydrogens (primary N) is 1. The fourth-order valence-electron chi connectivity index (χ4n) is 2.73. The van der Waals surface area contributed by atoms with Crippen LogP contribution in [0.3, 0.4) is 0 Å². The molecule has 0 amide bonds. The molecule has 0 saturated carbocycles. The number of nitrogen functional groups attached to an aromatic ring is 1. The van der Waals surface area contributed by atoms with Gasteiger partial charge in [-0.05, 0) is 26.2 Å². The largest absolute Gasteiger partial charge is 0.351 e. The second-order valence-electron chi connectivity index (χ2n) is 4.92. The maximum atomic E-state index is 5.48. The fraction of sp³-hybridized carbons (Fsp3) is 0.692. The average Bonchev–Trinajstić information content (AvgIpc) is 2.79. The fourth-order valence-corrected chi connectivity index (χ4v) is 2.73. The summed E-state index contributed by atoms with van der Waals surface area (Å²) in [4.78, 5) is 11.4. The Bertz CT molecular complexity index is 384. The van der Waals surface area contributed by atoms with Crippen LogP contribution in [0.15, 0.2) is 6.07 Å². The van der Waals surface area contributed by atoms with E-state index in [1.54, 1.807) is 0 Å². The molecule has 1 saturated heterocycles. The van der Waals surface area contributed by atoms with Crippen LogP contribution >= 0.6 is 0 Å². The third-order valence-corrected chi connectivity index (χ3v) is 3.74. The first-order chi connectivity index (χ1) is 8.69. The first-order valence-corrected chi connectivity index (χ1v) is 6.82. The second kappa shape index (κ2) is 5.52. The summed E-state index contributed by atoms with van der Waals surface area (Å²) in [5.74, 6) is 8.03. The van der Waals surface area contributed by atoms with E-state index in [0.717, 1.165) is 24.5 Å². The van der Waals surface area contributed by atoms with Crippen molar-refractivity contribution in [3.63, 3.8) is 0 Å². The van der Waals surface area contributed by atoms with Gasteiger partial charge in [0.05, 0.1) is 0 Å². The zero-order valence-corrected chi connectivity index (χ0v) is 11.5. The summed E-state index contributed by atoms with van der Waals surface area (Å²) in [7, 11) is 0. The summed E-state index contributed by atoms with van der Waals surface area (Å²) in [5.41, 5.74) is 2.64. The molecular formula is C13H23N5. The molecule has 2 atom stereocenters. The van der Waals surface area contributed by atoms with Crippen LogP contribution in [0, 0.1) is 0 Å². The number of anilines is 2. The number of aromatic nitrogens is 2. The molecule has 1 fully saturated rings. The van der Waals surface area contributed by atoms with Crippen molar-refractivity contribution < 1.29 is 0 Å². The molecule has 5 heteroatoms. The highest BCUT2D eigenvalue weighted by molar-refractivity contribution is 5.51. The van der Waals surface area contributed by atoms with Gasteiger partial charge >= 0.3 is 0 Å². The predicted octanol–water partition coefficient (Wildman–Crippen LogP) is 2.09. The van der Waals surface area contributed by atoms with Gasteiger partial charge < -0.3 is 10.3 Å². The number of nitrogens with one attached hydrogen (secondary N) is 1. The molecule has 0 spiro atoms. The van der Waals surface area contributed by atoms with Crippen LogP contribution in [0.25, 0.3) is 0 Å². The van der Waals surface area contributed by atoms with Crippen molar-refractivity contribution in [1.82, 2.24) is 9.97 Å². The minimum atomic E-state index is 0.542. The normalized spacial score (nSPS) is 23.4. The van der Waals surface area contributed by atoms with Crippen molar-refractivity contribution in [3.05, 3.63) is 11.9 Å². The van der Waals surface area contributed by atoms with Gasteiger partial charge in [-0.3, -0.25) is 0 Å². The third kappa shape index (κ3) is 2.41. The Morgan fingerprint density at radius 2 is 2.17 bits per heavy atom. The highest BCUT2D eigenvalue weighted by Crippen LogP contribution is 2.31. The highest BCUT2D eigenvalue weighted by atomic mass is 15.3. The quantitative estimate of drug-likeness (QED) is 0.632. The number of rotatable bonds is 4. The van der Waals surface area contributed by atoms with E-state index in [2.05, 4.69) is 41.1 Å². The lowest BCUT2D eigenvalue weighted by atomic mass is 10.1. The molecule has 1 aliphatic heterocycles. The minimum absolute atomic E-state index is 0.542. The van der Waals surface area contributed by atoms with E-state index in [9.17, 15) is 0 Å². The van der Waals surface area contributed by atoms with Crippen LogP contribution in [0.1, 0.15) is 45.9 Å². The number of nitrogens with zero attached hydrogens (tertiary/aromatic N) is 3. The number of hydrazine groups is 1. The summed E-state index contributed by atoms with van der Waals surface area (Å²) >= 11 is 0. The molecule has 2 heterocycles. The van der Waals surface area contributed by atoms with Gasteiger partial charge in [-0.2, -0.15) is 0 Å². The predicted molar refractivity (Wildman–Crippen MR) is 74.5 cm³/mol. The molecular weight excluding hydrogens is 226 g/mol. The zero-order chi connectivity index (χ0) is 13.1. The van der Waals surface area contributed by atoms with Crippen LogP contribution in [-0.2, 0) is 6.42 Å². The summed E-state index contributed by atoms with van der Waals surface area (Å²) in [5, 5.41) is 0. The monoisotopic (exact) mass is 249 g/mol. The highest BCUT2D eigenvalue weighted by Gasteiger charge is 2.30. The van der Waals surface area contributed by atoms with Gasteiger partial charge in [0, 0.05) is 24.6 Å². The lowest BCUT2D eigenvalue weighted by Gasteiger charge is -2.29. The average molecular weight is 249 g/mol. The molecule has 2 unspecified atom stereocenters. The van der Waals surface area contributed by atoms with E-state index < -0.39 is 0 Å². The molecule has 18 heavy (non-hydrogen) atoms. The second-order valence-corrected chi connectivity index (χ2v) is 4.92. The molecule has 0 radical (unpaired) electrons. The van der Waals surface area contributed by atoms with Crippen molar-refractivity contribution >= 4 is 11.6 Å². The molecule has 0 aliphatic carbocycles. The van der Waals surface area contributed by atoms with E-state index in [4.69, 9.17) is 5.84 Å². The third-order valence-electron chi connectivity index (χ3n) is 3.74. The van der Waals surface area contributed by atoms with Gasteiger partial charge in [-0.25, -0.2) is 15.8 Å². The molecule has 5 nitrogen and oxygen atoms in total. The lowest BCUT2D eigenvalue weighted by molar-refractivity contribution is 0.618. The van der Waals surface area contributed by atoms with Gasteiger partial charge in [-0.1, -0.05) is 13.8 Å². The van der Waals surface area contributed by atoms with Gasteiger partial charge in [0.1, 0.15) is 17.5 Å². The maximum absolute atomic E-state index is 5.48. The van der Waals surface area contributed by atoms with Crippen LogP contribution < -0.4 is 16.2 Å². The molecule has 3 N–H and O–H groups in total. The molecule has 0 bridgehead atoms. The van der Waals surface area contributed by atoms with Crippen LogP contribution in [0.4, 0.5) is 11.6 Å². The zero-order valence-electron chi connectivity index (χ0n) is 11.5. The summed E-state index contributed by atoms with van der Waals surface area (Å²) in [6.07, 6.45) is 4.45. The van der Waals surface area contributed by atoms with Gasteiger partial charge in [0.2, 0.25) is 0 Å². The molecule has 1 aromatic rings. The first-order valence-electron chi connectivity index (χ1n) is 6.82. The Labute approximate surface area is 109 Å². The Hall–Kier alpha value is -1.36. The van der Waals surface area contributed by atoms with E-state index in [1.165, 1.54) is 12.8 Å². The maximum Gasteiger partial charge on any atom is 0.145 e. The SMILES string of the molecule is CCc1nc(NN)cc(N2C(C)CCC2CC)n1. The van der Waals surface area contributed by atoms with Gasteiger partial charge in [-0.15, -0.1) is 0 Å². The van der Waals surface area contributed by atoms with Crippen molar-refractivity contribution in [2.45, 2.75) is 58.5 Å². The molecule has 0 aromatic carbocycles. The Kier molecular flexibility index (Phi) is 4.01. The van der Waals surface area contributed by atoms with Gasteiger partial charge in [0.25, 0.3) is 0 Å². The number of hydrogen-bond acceptors (Lipinski definition) is 5. The van der Waals surface area contributed by atoms with Crippen LogP contribution in [0.2, 0.25) is 0 Å². The van der Waals surface area contributed by atoms with Crippen molar-refractivity contribution in [2.24, 2.45) is 5.84 Å². The van der Waals surface area contributed by atoms with Crippen LogP contribution in [0.5, 0.6) is 0 Å². The Morgan fingerprint density at radius 1 is 1.39 bits per heavy atom. The van der Waals surface area contributed by atoms with E-state index in [1.807, 2.05) is 6.07 Å². The van der Waals surface area contributed by atoms with E-state index >= 15 is 0 Å². The Morgan fingerprint density at radius 3 is 2.78 bits per heavy atom. The minimum Gasteiger partial charge on any atom is -0.351 e. The van der Waals surface area contributed by atoms with Crippen molar-refractivity contribution in [1.29, 1.82) is 0 Å². The van der Waals surface area contributed by atoms with E-state index in [0.29, 0.717) is 17.9 Å². The van der Waals surface area contributed by atoms with Crippen molar-refractivity contribution in [2.75, 3.05) is 10.3 Å². The van der Waals surface area contributed by atoms with Crippen LogP contribution in [-0.4, -0.2) is 22.1 Å². The Balaban J connectivity index is 2.36. The molecule has 2 rings (SSSR count). The molecule has 1 aromatic heterocycles. The first kappa shape index (κ1) is 13.1. The lowest BCUT2D eigenvalue weighted by Crippen LogP contribution is -2.35. The smallest absolute Gasteiger partial charge is 0.145 e. The number of hydrogen-bond donors (Lipinski definition) is 2. The molecule has 100 valence electrons. The topological polar surface area (TPSA) is 67.1 Å². The summed E-state index contributed by atoms with van der Waals surface area (Å²) in [6, 6.07) is 3.08. The summed E-state index contributed by atoms with van der Waals surface area (Å²) < 4.78 is 0. The number of aryl methyl sites for hydroxylation is 1. The van der Waals surface area contributed by atoms with E-state index in [-0.39, 0.29) is 0 Å². The molecule has 1 aliphatic rings. The summed E-state index contributed by atoms with van der Waals surface area (Å²) in [6.45, 7) is 6.56.